The van der Waals surface area contributed by atoms with Crippen molar-refractivity contribution in [2.45, 2.75) is 51.2 Å². The third kappa shape index (κ3) is 2.46. The number of thiazole rings is 1. The summed E-state index contributed by atoms with van der Waals surface area (Å²) in [6.07, 6.45) is 4.74. The zero-order valence-corrected chi connectivity index (χ0v) is 12.6. The van der Waals surface area contributed by atoms with Gasteiger partial charge in [-0.25, -0.2) is 9.78 Å². The molecule has 2 saturated carbocycles. The van der Waals surface area contributed by atoms with Crippen LogP contribution < -0.4 is 0 Å². The largest absolute Gasteiger partial charge is 0.453 e. The molecule has 2 aromatic rings. The summed E-state index contributed by atoms with van der Waals surface area (Å²) >= 11 is 1.31. The molecule has 0 aromatic carbocycles. The van der Waals surface area contributed by atoms with Crippen molar-refractivity contribution in [2.24, 2.45) is 0 Å². The number of aromatic nitrogens is 4. The highest BCUT2D eigenvalue weighted by Gasteiger charge is 2.36. The predicted molar refractivity (Wildman–Crippen MR) is 76.2 cm³/mol. The quantitative estimate of drug-likeness (QED) is 0.794. The molecule has 0 spiro atoms. The molecule has 0 N–H and O–H groups in total. The van der Waals surface area contributed by atoms with Crippen LogP contribution in [0.3, 0.4) is 0 Å². The van der Waals surface area contributed by atoms with Gasteiger partial charge in [0.25, 0.3) is 0 Å². The molecule has 110 valence electrons. The maximum Gasteiger partial charge on any atom is 0.350 e. The molecule has 0 amide bonds. The number of hydrogen-bond acceptors (Lipinski definition) is 6. The van der Waals surface area contributed by atoms with Gasteiger partial charge < -0.3 is 9.30 Å². The molecule has 2 aliphatic rings. The van der Waals surface area contributed by atoms with E-state index in [2.05, 4.69) is 19.7 Å². The standard InChI is InChI=1S/C14H16N4O2S/c1-8-12(21-7-15-8)14(19)20-6-11-16-17-13(9-2-3-9)18(11)10-4-5-10/h7,9-10H,2-6H2,1H3. The van der Waals surface area contributed by atoms with Crippen LogP contribution in [-0.4, -0.2) is 25.7 Å². The van der Waals surface area contributed by atoms with Gasteiger partial charge >= 0.3 is 5.97 Å². The molecule has 0 unspecified atom stereocenters. The minimum Gasteiger partial charge on any atom is -0.453 e. The van der Waals surface area contributed by atoms with Crippen LogP contribution in [0.1, 0.15) is 64.7 Å². The maximum atomic E-state index is 12.0. The first-order valence-corrected chi connectivity index (χ1v) is 8.13. The smallest absolute Gasteiger partial charge is 0.350 e. The van der Waals surface area contributed by atoms with Gasteiger partial charge in [0.05, 0.1) is 11.2 Å². The molecule has 2 heterocycles. The molecule has 4 rings (SSSR count). The molecule has 6 nitrogen and oxygen atoms in total. The highest BCUT2D eigenvalue weighted by molar-refractivity contribution is 7.11. The second kappa shape index (κ2) is 4.91. The van der Waals surface area contributed by atoms with Crippen molar-refractivity contribution in [2.75, 3.05) is 0 Å². The number of hydrogen-bond donors (Lipinski definition) is 0. The Bertz CT molecular complexity index is 685. The fraction of sp³-hybridized carbons (Fsp3) is 0.571. The zero-order chi connectivity index (χ0) is 14.4. The first-order valence-electron chi connectivity index (χ1n) is 7.25. The molecule has 21 heavy (non-hydrogen) atoms. The molecule has 2 aromatic heterocycles. The molecule has 0 atom stereocenters. The number of nitrogens with zero attached hydrogens (tertiary/aromatic N) is 4. The van der Waals surface area contributed by atoms with E-state index in [1.807, 2.05) is 6.92 Å². The van der Waals surface area contributed by atoms with Crippen molar-refractivity contribution in [1.29, 1.82) is 0 Å². The Morgan fingerprint density at radius 1 is 1.38 bits per heavy atom. The number of rotatable bonds is 5. The van der Waals surface area contributed by atoms with Gasteiger partial charge in [0.2, 0.25) is 0 Å². The van der Waals surface area contributed by atoms with Crippen LogP contribution in [0.5, 0.6) is 0 Å². The molecule has 0 saturated heterocycles. The molecule has 7 heteroatoms. The van der Waals surface area contributed by atoms with Crippen LogP contribution in [-0.2, 0) is 11.3 Å². The van der Waals surface area contributed by atoms with Crippen molar-refractivity contribution < 1.29 is 9.53 Å². The second-order valence-corrected chi connectivity index (χ2v) is 6.55. The van der Waals surface area contributed by atoms with E-state index in [0.29, 0.717) is 22.5 Å². The topological polar surface area (TPSA) is 69.9 Å². The highest BCUT2D eigenvalue weighted by Crippen LogP contribution is 2.44. The van der Waals surface area contributed by atoms with Crippen LogP contribution in [0.4, 0.5) is 0 Å². The van der Waals surface area contributed by atoms with E-state index in [1.54, 1.807) is 5.51 Å². The summed E-state index contributed by atoms with van der Waals surface area (Å²) in [5.41, 5.74) is 2.37. The Balaban J connectivity index is 1.50. The van der Waals surface area contributed by atoms with Crippen LogP contribution >= 0.6 is 11.3 Å². The Hall–Kier alpha value is -1.76. The van der Waals surface area contributed by atoms with Crippen LogP contribution in [0, 0.1) is 6.92 Å². The lowest BCUT2D eigenvalue weighted by Crippen LogP contribution is -2.10. The zero-order valence-electron chi connectivity index (χ0n) is 11.8. The number of carbonyl (C=O) groups excluding carboxylic acids is 1. The minimum absolute atomic E-state index is 0.187. The maximum absolute atomic E-state index is 12.0. The summed E-state index contributed by atoms with van der Waals surface area (Å²) in [5, 5.41) is 8.55. The van der Waals surface area contributed by atoms with Crippen LogP contribution in [0.25, 0.3) is 0 Å². The highest BCUT2D eigenvalue weighted by atomic mass is 32.1. The van der Waals surface area contributed by atoms with E-state index in [-0.39, 0.29) is 12.6 Å². The van der Waals surface area contributed by atoms with Gasteiger partial charge in [0.1, 0.15) is 10.7 Å². The number of carbonyl (C=O) groups is 1. The van der Waals surface area contributed by atoms with E-state index in [1.165, 1.54) is 37.0 Å². The van der Waals surface area contributed by atoms with E-state index >= 15 is 0 Å². The Kier molecular flexibility index (Phi) is 3.02. The third-order valence-corrected chi connectivity index (χ3v) is 4.82. The second-order valence-electron chi connectivity index (χ2n) is 5.69. The molecular weight excluding hydrogens is 288 g/mol. The molecule has 2 fully saturated rings. The first kappa shape index (κ1) is 12.9. The van der Waals surface area contributed by atoms with Gasteiger partial charge in [0.15, 0.2) is 12.4 Å². The van der Waals surface area contributed by atoms with E-state index in [0.717, 1.165) is 11.6 Å². The van der Waals surface area contributed by atoms with Gasteiger partial charge in [-0.1, -0.05) is 0 Å². The third-order valence-electron chi connectivity index (χ3n) is 3.91. The summed E-state index contributed by atoms with van der Waals surface area (Å²) in [7, 11) is 0. The van der Waals surface area contributed by atoms with Crippen molar-refractivity contribution in [3.63, 3.8) is 0 Å². The van der Waals surface area contributed by atoms with Crippen molar-refractivity contribution >= 4 is 17.3 Å². The fourth-order valence-corrected chi connectivity index (χ4v) is 3.17. The molecule has 0 radical (unpaired) electrons. The summed E-state index contributed by atoms with van der Waals surface area (Å²) in [4.78, 5) is 16.7. The average Bonchev–Trinajstić information content (AvgIpc) is 3.40. The molecule has 0 bridgehead atoms. The Morgan fingerprint density at radius 2 is 2.19 bits per heavy atom. The van der Waals surface area contributed by atoms with Crippen LogP contribution in [0.15, 0.2) is 5.51 Å². The number of ether oxygens (including phenoxy) is 1. The molecular formula is C14H16N4O2S. The summed E-state index contributed by atoms with van der Waals surface area (Å²) in [6.45, 7) is 2.00. The lowest BCUT2D eigenvalue weighted by Gasteiger charge is -2.08. The van der Waals surface area contributed by atoms with Crippen molar-refractivity contribution in [3.8, 4) is 0 Å². The van der Waals surface area contributed by atoms with Gasteiger partial charge in [-0.3, -0.25) is 0 Å². The predicted octanol–water partition coefficient (Wildman–Crippen LogP) is 2.61. The summed E-state index contributed by atoms with van der Waals surface area (Å²) in [5.74, 6) is 2.09. The minimum atomic E-state index is -0.326. The van der Waals surface area contributed by atoms with Gasteiger partial charge in [-0.2, -0.15) is 0 Å². The summed E-state index contributed by atoms with van der Waals surface area (Å²) in [6, 6.07) is 0.509. The lowest BCUT2D eigenvalue weighted by atomic mass is 10.4. The SMILES string of the molecule is Cc1ncsc1C(=O)OCc1nnc(C2CC2)n1C1CC1. The van der Waals surface area contributed by atoms with Crippen molar-refractivity contribution in [3.05, 3.63) is 27.7 Å². The number of aryl methyl sites for hydroxylation is 1. The van der Waals surface area contributed by atoms with E-state index in [4.69, 9.17) is 4.74 Å². The molecule has 2 aliphatic carbocycles. The Morgan fingerprint density at radius 3 is 2.81 bits per heavy atom. The normalized spacial score (nSPS) is 18.0. The lowest BCUT2D eigenvalue weighted by molar-refractivity contribution is 0.0462. The average molecular weight is 304 g/mol. The first-order chi connectivity index (χ1) is 10.2. The van der Waals surface area contributed by atoms with Crippen LogP contribution in [0.2, 0.25) is 0 Å². The van der Waals surface area contributed by atoms with E-state index in [9.17, 15) is 4.79 Å². The van der Waals surface area contributed by atoms with Crippen molar-refractivity contribution in [1.82, 2.24) is 19.7 Å². The van der Waals surface area contributed by atoms with Gasteiger partial charge in [0, 0.05) is 12.0 Å². The fourth-order valence-electron chi connectivity index (χ4n) is 2.48. The summed E-state index contributed by atoms with van der Waals surface area (Å²) < 4.78 is 7.59. The Labute approximate surface area is 126 Å². The monoisotopic (exact) mass is 304 g/mol. The number of esters is 1. The molecule has 0 aliphatic heterocycles. The van der Waals surface area contributed by atoms with Gasteiger partial charge in [-0.05, 0) is 32.6 Å². The van der Waals surface area contributed by atoms with E-state index < -0.39 is 0 Å². The van der Waals surface area contributed by atoms with Gasteiger partial charge in [-0.15, -0.1) is 21.5 Å².